The molecule has 2 rings (SSSR count). The van der Waals surface area contributed by atoms with Gasteiger partial charge in [0.05, 0.1) is 11.9 Å². The standard InChI is InChI=1S/C10H9ClN4O2/c11-8-3-1-6(5-12-8)13-10(17)7-2-4-9(16)15-14-7/h1,3,5H,2,4H2,(H,13,17)(H,15,16). The van der Waals surface area contributed by atoms with Crippen molar-refractivity contribution in [1.82, 2.24) is 10.4 Å². The van der Waals surface area contributed by atoms with Crippen LogP contribution in [0.2, 0.25) is 5.15 Å². The Hall–Kier alpha value is -1.95. The van der Waals surface area contributed by atoms with Gasteiger partial charge in [-0.2, -0.15) is 5.10 Å². The van der Waals surface area contributed by atoms with Crippen LogP contribution in [0.1, 0.15) is 12.8 Å². The fraction of sp³-hybridized carbons (Fsp3) is 0.200. The predicted octanol–water partition coefficient (Wildman–Crippen LogP) is 0.939. The number of halogens is 1. The summed E-state index contributed by atoms with van der Waals surface area (Å²) in [5, 5.41) is 6.65. The fourth-order valence-corrected chi connectivity index (χ4v) is 1.40. The topological polar surface area (TPSA) is 83.5 Å². The normalized spacial score (nSPS) is 14.9. The summed E-state index contributed by atoms with van der Waals surface area (Å²) < 4.78 is 0. The van der Waals surface area contributed by atoms with Gasteiger partial charge in [-0.25, -0.2) is 10.4 Å². The first kappa shape index (κ1) is 11.5. The molecule has 88 valence electrons. The fourth-order valence-electron chi connectivity index (χ4n) is 1.29. The predicted molar refractivity (Wildman–Crippen MR) is 62.7 cm³/mol. The Morgan fingerprint density at radius 2 is 2.24 bits per heavy atom. The molecule has 1 aromatic heterocycles. The van der Waals surface area contributed by atoms with Crippen molar-refractivity contribution >= 4 is 34.8 Å². The summed E-state index contributed by atoms with van der Waals surface area (Å²) >= 11 is 5.62. The number of nitrogens with one attached hydrogen (secondary N) is 2. The first-order valence-electron chi connectivity index (χ1n) is 4.93. The molecule has 0 saturated heterocycles. The van der Waals surface area contributed by atoms with Crippen LogP contribution in [-0.2, 0) is 9.59 Å². The Kier molecular flexibility index (Phi) is 3.34. The van der Waals surface area contributed by atoms with E-state index < -0.39 is 0 Å². The average Bonchev–Trinajstić information content (AvgIpc) is 2.33. The zero-order valence-electron chi connectivity index (χ0n) is 8.74. The molecule has 6 nitrogen and oxygen atoms in total. The highest BCUT2D eigenvalue weighted by atomic mass is 35.5. The molecule has 0 unspecified atom stereocenters. The van der Waals surface area contributed by atoms with Crippen molar-refractivity contribution in [2.45, 2.75) is 12.8 Å². The van der Waals surface area contributed by atoms with Gasteiger partial charge in [-0.3, -0.25) is 9.59 Å². The molecule has 0 atom stereocenters. The van der Waals surface area contributed by atoms with Crippen molar-refractivity contribution in [2.75, 3.05) is 5.32 Å². The minimum Gasteiger partial charge on any atom is -0.319 e. The van der Waals surface area contributed by atoms with Crippen molar-refractivity contribution in [1.29, 1.82) is 0 Å². The van der Waals surface area contributed by atoms with Gasteiger partial charge in [0.2, 0.25) is 5.91 Å². The number of hydrogen-bond donors (Lipinski definition) is 2. The number of carbonyl (C=O) groups excluding carboxylic acids is 2. The first-order chi connectivity index (χ1) is 8.15. The summed E-state index contributed by atoms with van der Waals surface area (Å²) in [6.07, 6.45) is 2.05. The van der Waals surface area contributed by atoms with Crippen molar-refractivity contribution in [3.8, 4) is 0 Å². The van der Waals surface area contributed by atoms with Crippen LogP contribution >= 0.6 is 11.6 Å². The lowest BCUT2D eigenvalue weighted by Gasteiger charge is -2.11. The molecule has 0 radical (unpaired) electrons. The van der Waals surface area contributed by atoms with Gasteiger partial charge in [0, 0.05) is 12.8 Å². The molecule has 0 bridgehead atoms. The number of hydrazone groups is 1. The van der Waals surface area contributed by atoms with Gasteiger partial charge < -0.3 is 5.32 Å². The van der Waals surface area contributed by atoms with Crippen LogP contribution < -0.4 is 10.7 Å². The zero-order valence-corrected chi connectivity index (χ0v) is 9.49. The second-order valence-electron chi connectivity index (χ2n) is 3.42. The van der Waals surface area contributed by atoms with Crippen molar-refractivity contribution in [3.63, 3.8) is 0 Å². The number of amides is 2. The number of carbonyl (C=O) groups is 2. The van der Waals surface area contributed by atoms with Gasteiger partial charge in [0.15, 0.2) is 0 Å². The minimum absolute atomic E-state index is 0.185. The van der Waals surface area contributed by atoms with Crippen LogP contribution in [-0.4, -0.2) is 22.5 Å². The molecule has 1 aliphatic rings. The van der Waals surface area contributed by atoms with E-state index in [-0.39, 0.29) is 18.2 Å². The van der Waals surface area contributed by atoms with Crippen molar-refractivity contribution in [3.05, 3.63) is 23.5 Å². The maximum atomic E-state index is 11.7. The Bertz CT molecular complexity index is 484. The van der Waals surface area contributed by atoms with Crippen LogP contribution in [0, 0.1) is 0 Å². The number of anilines is 1. The van der Waals surface area contributed by atoms with Crippen LogP contribution in [0.4, 0.5) is 5.69 Å². The molecule has 2 N–H and O–H groups in total. The third-order valence-corrected chi connectivity index (χ3v) is 2.38. The largest absolute Gasteiger partial charge is 0.319 e. The monoisotopic (exact) mass is 252 g/mol. The number of aromatic nitrogens is 1. The van der Waals surface area contributed by atoms with Crippen LogP contribution in [0.25, 0.3) is 0 Å². The summed E-state index contributed by atoms with van der Waals surface area (Å²) in [6, 6.07) is 3.21. The highest BCUT2D eigenvalue weighted by Crippen LogP contribution is 2.10. The lowest BCUT2D eigenvalue weighted by molar-refractivity contribution is -0.121. The summed E-state index contributed by atoms with van der Waals surface area (Å²) in [7, 11) is 0. The van der Waals surface area contributed by atoms with E-state index in [9.17, 15) is 9.59 Å². The SMILES string of the molecule is O=C1CCC(C(=O)Nc2ccc(Cl)nc2)=NN1. The van der Waals surface area contributed by atoms with Gasteiger partial charge in [-0.1, -0.05) is 11.6 Å². The highest BCUT2D eigenvalue weighted by Gasteiger charge is 2.18. The Morgan fingerprint density at radius 1 is 1.41 bits per heavy atom. The molecule has 1 aliphatic heterocycles. The van der Waals surface area contributed by atoms with Gasteiger partial charge in [0.1, 0.15) is 10.9 Å². The first-order valence-corrected chi connectivity index (χ1v) is 5.31. The quantitative estimate of drug-likeness (QED) is 0.769. The number of rotatable bonds is 2. The van der Waals surface area contributed by atoms with E-state index in [0.717, 1.165) is 0 Å². The van der Waals surface area contributed by atoms with E-state index in [1.165, 1.54) is 6.20 Å². The third-order valence-electron chi connectivity index (χ3n) is 2.15. The molecule has 1 aromatic rings. The van der Waals surface area contributed by atoms with E-state index in [1.54, 1.807) is 12.1 Å². The van der Waals surface area contributed by atoms with Crippen LogP contribution in [0.5, 0.6) is 0 Å². The summed E-state index contributed by atoms with van der Waals surface area (Å²) in [5.41, 5.74) is 3.08. The van der Waals surface area contributed by atoms with E-state index in [4.69, 9.17) is 11.6 Å². The third kappa shape index (κ3) is 3.01. The Morgan fingerprint density at radius 3 is 2.82 bits per heavy atom. The number of pyridine rings is 1. The molecular formula is C10H9ClN4O2. The molecule has 0 spiro atoms. The zero-order chi connectivity index (χ0) is 12.3. The molecular weight excluding hydrogens is 244 g/mol. The second kappa shape index (κ2) is 4.92. The molecule has 2 heterocycles. The molecule has 17 heavy (non-hydrogen) atoms. The van der Waals surface area contributed by atoms with Gasteiger partial charge >= 0.3 is 0 Å². The second-order valence-corrected chi connectivity index (χ2v) is 3.80. The van der Waals surface area contributed by atoms with Crippen molar-refractivity contribution < 1.29 is 9.59 Å². The maximum absolute atomic E-state index is 11.7. The lowest BCUT2D eigenvalue weighted by atomic mass is 10.1. The van der Waals surface area contributed by atoms with Crippen LogP contribution in [0.15, 0.2) is 23.4 Å². The van der Waals surface area contributed by atoms with E-state index >= 15 is 0 Å². The van der Waals surface area contributed by atoms with Gasteiger partial charge in [-0.15, -0.1) is 0 Å². The highest BCUT2D eigenvalue weighted by molar-refractivity contribution is 6.43. The molecule has 0 saturated carbocycles. The Balaban J connectivity index is 2.02. The number of hydrogen-bond acceptors (Lipinski definition) is 4. The summed E-state index contributed by atoms with van der Waals surface area (Å²) in [4.78, 5) is 26.4. The molecule has 2 amide bonds. The average molecular weight is 253 g/mol. The van der Waals surface area contributed by atoms with E-state index in [2.05, 4.69) is 20.8 Å². The van der Waals surface area contributed by atoms with Crippen LogP contribution in [0.3, 0.4) is 0 Å². The van der Waals surface area contributed by atoms with E-state index in [1.807, 2.05) is 0 Å². The summed E-state index contributed by atoms with van der Waals surface area (Å²) in [5.74, 6) is -0.538. The van der Waals surface area contributed by atoms with Gasteiger partial charge in [0.25, 0.3) is 5.91 Å². The smallest absolute Gasteiger partial charge is 0.271 e. The molecule has 0 aromatic carbocycles. The lowest BCUT2D eigenvalue weighted by Crippen LogP contribution is -2.32. The molecule has 0 aliphatic carbocycles. The maximum Gasteiger partial charge on any atom is 0.271 e. The molecule has 0 fully saturated rings. The number of nitrogens with zero attached hydrogens (tertiary/aromatic N) is 2. The van der Waals surface area contributed by atoms with Gasteiger partial charge in [-0.05, 0) is 12.1 Å². The minimum atomic E-state index is -0.353. The molecule has 7 heteroatoms. The van der Waals surface area contributed by atoms with Crippen molar-refractivity contribution in [2.24, 2.45) is 5.10 Å². The van der Waals surface area contributed by atoms with E-state index in [0.29, 0.717) is 23.0 Å². The Labute approximate surface area is 102 Å². The summed E-state index contributed by atoms with van der Waals surface area (Å²) in [6.45, 7) is 0.